The van der Waals surface area contributed by atoms with Crippen LogP contribution in [0.2, 0.25) is 0 Å². The maximum Gasteiger partial charge on any atom is 0.394 e. The van der Waals surface area contributed by atoms with Crippen molar-refractivity contribution in [2.45, 2.75) is 18.8 Å². The number of amides is 1. The molecule has 1 aliphatic heterocycles. The molecular weight excluding hydrogens is 298 g/mol. The van der Waals surface area contributed by atoms with E-state index in [0.717, 1.165) is 17.3 Å². The molecular formula is C13H14BrNO3. The number of hydrogen-bond acceptors (Lipinski definition) is 2. The number of rotatable bonds is 1. The number of hydrogen-bond donors (Lipinski definition) is 1. The van der Waals surface area contributed by atoms with E-state index < -0.39 is 11.9 Å². The van der Waals surface area contributed by atoms with Crippen molar-refractivity contribution in [3.05, 3.63) is 34.3 Å². The van der Waals surface area contributed by atoms with Gasteiger partial charge < -0.3 is 10.0 Å². The van der Waals surface area contributed by atoms with Crippen LogP contribution in [0.5, 0.6) is 0 Å². The first-order valence-electron chi connectivity index (χ1n) is 5.85. The van der Waals surface area contributed by atoms with Crippen LogP contribution >= 0.6 is 15.9 Å². The molecule has 0 unspecified atom stereocenters. The summed E-state index contributed by atoms with van der Waals surface area (Å²) in [6.07, 6.45) is 1.64. The van der Waals surface area contributed by atoms with E-state index in [1.165, 1.54) is 10.5 Å². The summed E-state index contributed by atoms with van der Waals surface area (Å²) in [6, 6.07) is 8.15. The van der Waals surface area contributed by atoms with Gasteiger partial charge in [0.15, 0.2) is 0 Å². The van der Waals surface area contributed by atoms with Crippen molar-refractivity contribution in [2.24, 2.45) is 0 Å². The normalized spacial score (nSPS) is 16.6. The van der Waals surface area contributed by atoms with Crippen molar-refractivity contribution >= 4 is 27.8 Å². The van der Waals surface area contributed by atoms with Gasteiger partial charge >= 0.3 is 11.9 Å². The van der Waals surface area contributed by atoms with Crippen LogP contribution in [0.15, 0.2) is 28.7 Å². The van der Waals surface area contributed by atoms with Gasteiger partial charge in [-0.1, -0.05) is 28.1 Å². The molecule has 2 rings (SSSR count). The number of carbonyl (C=O) groups is 2. The molecule has 0 aromatic heterocycles. The molecule has 0 spiro atoms. The van der Waals surface area contributed by atoms with Gasteiger partial charge in [0.1, 0.15) is 0 Å². The van der Waals surface area contributed by atoms with Crippen molar-refractivity contribution in [3.63, 3.8) is 0 Å². The van der Waals surface area contributed by atoms with Crippen LogP contribution in [0.3, 0.4) is 0 Å². The monoisotopic (exact) mass is 311 g/mol. The predicted molar refractivity (Wildman–Crippen MR) is 70.3 cm³/mol. The average Bonchev–Trinajstić information content (AvgIpc) is 2.39. The smallest absolute Gasteiger partial charge is 0.394 e. The van der Waals surface area contributed by atoms with Crippen molar-refractivity contribution in [1.29, 1.82) is 0 Å². The summed E-state index contributed by atoms with van der Waals surface area (Å²) in [5.41, 5.74) is 1.25. The van der Waals surface area contributed by atoms with E-state index in [4.69, 9.17) is 5.11 Å². The average molecular weight is 312 g/mol. The first kappa shape index (κ1) is 13.1. The quantitative estimate of drug-likeness (QED) is 0.809. The summed E-state index contributed by atoms with van der Waals surface area (Å²) >= 11 is 3.40. The number of aliphatic carboxylic acids is 1. The number of carbonyl (C=O) groups excluding carboxylic acids is 1. The molecule has 5 heteroatoms. The first-order valence-corrected chi connectivity index (χ1v) is 6.65. The van der Waals surface area contributed by atoms with E-state index in [1.54, 1.807) is 0 Å². The van der Waals surface area contributed by atoms with Gasteiger partial charge in [0.2, 0.25) is 0 Å². The van der Waals surface area contributed by atoms with Crippen LogP contribution < -0.4 is 0 Å². The third kappa shape index (κ3) is 2.90. The highest BCUT2D eigenvalue weighted by molar-refractivity contribution is 9.10. The van der Waals surface area contributed by atoms with Crippen LogP contribution in [-0.2, 0) is 9.59 Å². The largest absolute Gasteiger partial charge is 0.474 e. The zero-order valence-corrected chi connectivity index (χ0v) is 11.4. The number of carboxylic acid groups (broad SMARTS) is 1. The Hall–Kier alpha value is -1.36. The van der Waals surface area contributed by atoms with Gasteiger partial charge in [-0.25, -0.2) is 4.79 Å². The van der Waals surface area contributed by atoms with Gasteiger partial charge in [0, 0.05) is 17.6 Å². The van der Waals surface area contributed by atoms with Crippen LogP contribution in [0.4, 0.5) is 0 Å². The van der Waals surface area contributed by atoms with Crippen molar-refractivity contribution in [1.82, 2.24) is 4.90 Å². The lowest BCUT2D eigenvalue weighted by Gasteiger charge is -2.31. The molecule has 0 radical (unpaired) electrons. The van der Waals surface area contributed by atoms with Crippen LogP contribution in [0, 0.1) is 0 Å². The Balaban J connectivity index is 1.96. The molecule has 1 aromatic carbocycles. The minimum Gasteiger partial charge on any atom is -0.474 e. The fraction of sp³-hybridized carbons (Fsp3) is 0.385. The van der Waals surface area contributed by atoms with E-state index in [2.05, 4.69) is 28.1 Å². The molecule has 1 N–H and O–H groups in total. The lowest BCUT2D eigenvalue weighted by Crippen LogP contribution is -2.41. The minimum absolute atomic E-state index is 0.413. The summed E-state index contributed by atoms with van der Waals surface area (Å²) in [6.45, 7) is 1.04. The fourth-order valence-corrected chi connectivity index (χ4v) is 2.55. The van der Waals surface area contributed by atoms with Crippen molar-refractivity contribution in [2.75, 3.05) is 13.1 Å². The minimum atomic E-state index is -1.36. The number of carboxylic acids is 1. The van der Waals surface area contributed by atoms with Gasteiger partial charge in [-0.05, 0) is 36.5 Å². The molecule has 18 heavy (non-hydrogen) atoms. The standard InChI is InChI=1S/C13H14BrNO3/c14-11-3-1-9(2-4-11)10-5-7-15(8-6-10)12(16)13(17)18/h1-4,10H,5-8H2,(H,17,18). The van der Waals surface area contributed by atoms with E-state index in [0.29, 0.717) is 19.0 Å². The summed E-state index contributed by atoms with van der Waals surface area (Å²) < 4.78 is 1.05. The number of halogens is 1. The zero-order valence-electron chi connectivity index (χ0n) is 9.80. The lowest BCUT2D eigenvalue weighted by molar-refractivity contribution is -0.156. The lowest BCUT2D eigenvalue weighted by atomic mass is 9.89. The Morgan fingerprint density at radius 1 is 1.17 bits per heavy atom. The van der Waals surface area contributed by atoms with Crippen molar-refractivity contribution in [3.8, 4) is 0 Å². The maximum atomic E-state index is 11.3. The van der Waals surface area contributed by atoms with Gasteiger partial charge in [0.05, 0.1) is 0 Å². The maximum absolute atomic E-state index is 11.3. The van der Waals surface area contributed by atoms with E-state index >= 15 is 0 Å². The van der Waals surface area contributed by atoms with E-state index in [-0.39, 0.29) is 0 Å². The van der Waals surface area contributed by atoms with Crippen LogP contribution in [-0.4, -0.2) is 35.0 Å². The van der Waals surface area contributed by atoms with Crippen molar-refractivity contribution < 1.29 is 14.7 Å². The Morgan fingerprint density at radius 2 is 1.72 bits per heavy atom. The number of piperidine rings is 1. The highest BCUT2D eigenvalue weighted by Crippen LogP contribution is 2.28. The molecule has 1 fully saturated rings. The molecule has 1 aliphatic rings. The second kappa shape index (κ2) is 5.52. The fourth-order valence-electron chi connectivity index (χ4n) is 2.29. The van der Waals surface area contributed by atoms with Crippen LogP contribution in [0.1, 0.15) is 24.3 Å². The number of benzene rings is 1. The molecule has 1 saturated heterocycles. The van der Waals surface area contributed by atoms with Gasteiger partial charge in [-0.3, -0.25) is 4.79 Å². The summed E-state index contributed by atoms with van der Waals surface area (Å²) in [5.74, 6) is -1.74. The molecule has 1 aromatic rings. The molecule has 1 amide bonds. The summed E-state index contributed by atoms with van der Waals surface area (Å²) in [5, 5.41) is 8.65. The highest BCUT2D eigenvalue weighted by atomic mass is 79.9. The third-order valence-electron chi connectivity index (χ3n) is 3.31. The molecule has 0 saturated carbocycles. The SMILES string of the molecule is O=C(O)C(=O)N1CCC(c2ccc(Br)cc2)CC1. The summed E-state index contributed by atoms with van der Waals surface area (Å²) in [4.78, 5) is 23.3. The molecule has 96 valence electrons. The summed E-state index contributed by atoms with van der Waals surface area (Å²) in [7, 11) is 0. The molecule has 1 heterocycles. The number of nitrogens with zero attached hydrogens (tertiary/aromatic N) is 1. The molecule has 4 nitrogen and oxygen atoms in total. The van der Waals surface area contributed by atoms with E-state index in [9.17, 15) is 9.59 Å². The highest BCUT2D eigenvalue weighted by Gasteiger charge is 2.27. The molecule has 0 bridgehead atoms. The Bertz CT molecular complexity index is 450. The number of likely N-dealkylation sites (tertiary alicyclic amines) is 1. The molecule has 0 aliphatic carbocycles. The second-order valence-electron chi connectivity index (χ2n) is 4.42. The zero-order chi connectivity index (χ0) is 13.1. The van der Waals surface area contributed by atoms with Crippen LogP contribution in [0.25, 0.3) is 0 Å². The topological polar surface area (TPSA) is 57.6 Å². The Kier molecular flexibility index (Phi) is 4.01. The first-order chi connectivity index (χ1) is 8.58. The molecule has 0 atom stereocenters. The van der Waals surface area contributed by atoms with Gasteiger partial charge in [-0.2, -0.15) is 0 Å². The van der Waals surface area contributed by atoms with Gasteiger partial charge in [-0.15, -0.1) is 0 Å². The Labute approximate surface area is 114 Å². The van der Waals surface area contributed by atoms with E-state index in [1.807, 2.05) is 12.1 Å². The third-order valence-corrected chi connectivity index (χ3v) is 3.84. The second-order valence-corrected chi connectivity index (χ2v) is 5.34. The Morgan fingerprint density at radius 3 is 2.22 bits per heavy atom. The predicted octanol–water partition coefficient (Wildman–Crippen LogP) is 2.24. The van der Waals surface area contributed by atoms with Gasteiger partial charge in [0.25, 0.3) is 0 Å².